The third-order valence-electron chi connectivity index (χ3n) is 13.0. The van der Waals surface area contributed by atoms with Gasteiger partial charge < -0.3 is 18.0 Å². The third-order valence-corrected chi connectivity index (χ3v) is 13.0. The lowest BCUT2D eigenvalue weighted by Gasteiger charge is -2.20. The second kappa shape index (κ2) is 13.7. The van der Waals surface area contributed by atoms with E-state index in [0.29, 0.717) is 22.4 Å². The van der Waals surface area contributed by atoms with E-state index in [4.69, 9.17) is 8.83 Å². The van der Waals surface area contributed by atoms with Crippen molar-refractivity contribution in [3.63, 3.8) is 0 Å². The quantitative estimate of drug-likeness (QED) is 0.176. The summed E-state index contributed by atoms with van der Waals surface area (Å²) in [5.41, 5.74) is 9.81. The lowest BCUT2D eigenvalue weighted by atomic mass is 9.93. The van der Waals surface area contributed by atoms with Crippen molar-refractivity contribution in [2.45, 2.75) is 6.18 Å². The molecule has 9 aromatic carbocycles. The maximum absolute atomic E-state index is 14.0. The van der Waals surface area contributed by atoms with Crippen molar-refractivity contribution in [3.8, 4) is 45.8 Å². The highest BCUT2D eigenvalue weighted by Crippen LogP contribution is 2.47. The number of hydrogen-bond donors (Lipinski definition) is 0. The van der Waals surface area contributed by atoms with Crippen LogP contribution in [0.3, 0.4) is 0 Å². The van der Waals surface area contributed by atoms with Crippen LogP contribution in [0, 0.1) is 22.7 Å². The van der Waals surface area contributed by atoms with Gasteiger partial charge in [-0.1, -0.05) is 91.0 Å². The second-order valence-electron chi connectivity index (χ2n) is 16.5. The molecule has 0 aliphatic carbocycles. The van der Waals surface area contributed by atoms with Crippen LogP contribution >= 0.6 is 0 Å². The molecule has 310 valence electrons. The first-order valence-electron chi connectivity index (χ1n) is 21.3. The zero-order valence-corrected chi connectivity index (χ0v) is 34.5. The van der Waals surface area contributed by atoms with Crippen LogP contribution in [-0.4, -0.2) is 9.13 Å². The maximum Gasteiger partial charge on any atom is 0.416 e. The summed E-state index contributed by atoms with van der Waals surface area (Å²) in [6.07, 6.45) is -4.63. The van der Waals surface area contributed by atoms with Crippen LogP contribution in [0.1, 0.15) is 16.7 Å². The van der Waals surface area contributed by atoms with E-state index in [1.807, 2.05) is 115 Å². The van der Waals surface area contributed by atoms with Crippen molar-refractivity contribution in [1.29, 1.82) is 10.5 Å². The first-order valence-corrected chi connectivity index (χ1v) is 21.3. The molecule has 6 nitrogen and oxygen atoms in total. The van der Waals surface area contributed by atoms with E-state index < -0.39 is 11.7 Å². The predicted octanol–water partition coefficient (Wildman–Crippen LogP) is 15.8. The van der Waals surface area contributed by atoms with Gasteiger partial charge in [0, 0.05) is 43.4 Å². The molecule has 0 radical (unpaired) electrons. The molecule has 0 bridgehead atoms. The van der Waals surface area contributed by atoms with Gasteiger partial charge in [0.2, 0.25) is 0 Å². The average Bonchev–Trinajstić information content (AvgIpc) is 4.11. The molecule has 0 saturated heterocycles. The number of rotatable bonds is 4. The normalized spacial score (nSPS) is 12.1. The Morgan fingerprint density at radius 2 is 0.970 bits per heavy atom. The number of halogens is 3. The van der Waals surface area contributed by atoms with Gasteiger partial charge in [0.15, 0.2) is 0 Å². The van der Waals surface area contributed by atoms with Crippen molar-refractivity contribution in [3.05, 3.63) is 193 Å². The molecule has 0 atom stereocenters. The molecule has 0 spiro atoms. The van der Waals surface area contributed by atoms with Gasteiger partial charge in [0.1, 0.15) is 22.3 Å². The van der Waals surface area contributed by atoms with E-state index in [1.165, 1.54) is 6.07 Å². The summed E-state index contributed by atoms with van der Waals surface area (Å²) < 4.78 is 59.6. The summed E-state index contributed by atoms with van der Waals surface area (Å²) >= 11 is 0. The predicted molar refractivity (Wildman–Crippen MR) is 255 cm³/mol. The average molecular weight is 859 g/mol. The first-order chi connectivity index (χ1) is 32.3. The monoisotopic (exact) mass is 858 g/mol. The highest BCUT2D eigenvalue weighted by atomic mass is 19.4. The van der Waals surface area contributed by atoms with Crippen molar-refractivity contribution in [2.24, 2.45) is 0 Å². The van der Waals surface area contributed by atoms with E-state index in [0.717, 1.165) is 116 Å². The summed E-state index contributed by atoms with van der Waals surface area (Å²) in [7, 11) is 0. The molecule has 0 unspecified atom stereocenters. The molecule has 9 heteroatoms. The zero-order chi connectivity index (χ0) is 44.4. The van der Waals surface area contributed by atoms with Crippen molar-refractivity contribution >= 4 is 87.5 Å². The molecule has 0 aliphatic heterocycles. The molecular weight excluding hydrogens is 830 g/mol. The largest absolute Gasteiger partial charge is 0.455 e. The van der Waals surface area contributed by atoms with Gasteiger partial charge in [-0.25, -0.2) is 0 Å². The Bertz CT molecular complexity index is 4320. The Hall–Kier alpha value is -9.05. The Morgan fingerprint density at radius 1 is 0.424 bits per heavy atom. The number of nitrogens with zero attached hydrogens (tertiary/aromatic N) is 4. The van der Waals surface area contributed by atoms with E-state index in [1.54, 1.807) is 0 Å². The Kier molecular flexibility index (Phi) is 7.80. The molecule has 13 rings (SSSR count). The van der Waals surface area contributed by atoms with Crippen molar-refractivity contribution in [2.75, 3.05) is 0 Å². The van der Waals surface area contributed by atoms with Crippen LogP contribution in [-0.2, 0) is 6.18 Å². The minimum atomic E-state index is -4.63. The number of nitriles is 2. The lowest BCUT2D eigenvalue weighted by Crippen LogP contribution is -2.05. The third kappa shape index (κ3) is 5.29. The number of furan rings is 2. The number of fused-ring (bicyclic) bond motifs is 14. The molecule has 0 N–H and O–H groups in total. The highest BCUT2D eigenvalue weighted by Gasteiger charge is 2.32. The van der Waals surface area contributed by atoms with Crippen LogP contribution in [0.25, 0.3) is 121 Å². The van der Waals surface area contributed by atoms with Gasteiger partial charge in [-0.15, -0.1) is 0 Å². The smallest absolute Gasteiger partial charge is 0.416 e. The Balaban J connectivity index is 1.15. The number of hydrogen-bond acceptors (Lipinski definition) is 4. The fraction of sp³-hybridized carbons (Fsp3) is 0.0175. The fourth-order valence-corrected chi connectivity index (χ4v) is 10.2. The SMILES string of the molecule is N#Cc1ccc(-n2c3ccccc3c3c4oc5ccccc5c4ccc32)c(-c2ccc(-c3ccc(C(F)(F)F)cc3C#N)cc2-n2c3ccccc3c3c4oc5ccccc5c4ccc32)c1. The Labute approximate surface area is 372 Å². The van der Waals surface area contributed by atoms with Gasteiger partial charge >= 0.3 is 6.18 Å². The van der Waals surface area contributed by atoms with Gasteiger partial charge in [0.05, 0.1) is 73.0 Å². The summed E-state index contributed by atoms with van der Waals surface area (Å²) in [5.74, 6) is 0. The second-order valence-corrected chi connectivity index (χ2v) is 16.5. The summed E-state index contributed by atoms with van der Waals surface area (Å²) in [5, 5.41) is 28.6. The van der Waals surface area contributed by atoms with Crippen LogP contribution in [0.15, 0.2) is 185 Å². The molecule has 66 heavy (non-hydrogen) atoms. The van der Waals surface area contributed by atoms with Crippen LogP contribution < -0.4 is 0 Å². The summed E-state index contributed by atoms with van der Waals surface area (Å²) in [6, 6.07) is 59.6. The van der Waals surface area contributed by atoms with E-state index in [-0.39, 0.29) is 5.56 Å². The van der Waals surface area contributed by atoms with Gasteiger partial charge in [-0.3, -0.25) is 0 Å². The number of aromatic nitrogens is 2. The topological polar surface area (TPSA) is 83.7 Å². The maximum atomic E-state index is 14.0. The minimum Gasteiger partial charge on any atom is -0.455 e. The molecule has 0 saturated carbocycles. The first kappa shape index (κ1) is 37.5. The lowest BCUT2D eigenvalue weighted by molar-refractivity contribution is -0.137. The molecule has 4 heterocycles. The molecular formula is C57H29F3N4O2. The molecule has 0 aliphatic rings. The zero-order valence-electron chi connectivity index (χ0n) is 34.5. The van der Waals surface area contributed by atoms with Crippen molar-refractivity contribution < 1.29 is 22.0 Å². The van der Waals surface area contributed by atoms with Crippen LogP contribution in [0.4, 0.5) is 13.2 Å². The van der Waals surface area contributed by atoms with E-state index >= 15 is 0 Å². The molecule has 0 amide bonds. The number of para-hydroxylation sites is 4. The molecule has 13 aromatic rings. The highest BCUT2D eigenvalue weighted by molar-refractivity contribution is 6.25. The number of benzene rings is 9. The van der Waals surface area contributed by atoms with Gasteiger partial charge in [0.25, 0.3) is 0 Å². The summed E-state index contributed by atoms with van der Waals surface area (Å²) in [6.45, 7) is 0. The Morgan fingerprint density at radius 3 is 1.55 bits per heavy atom. The summed E-state index contributed by atoms with van der Waals surface area (Å²) in [4.78, 5) is 0. The molecule has 4 aromatic heterocycles. The van der Waals surface area contributed by atoms with E-state index in [9.17, 15) is 23.7 Å². The van der Waals surface area contributed by atoms with Crippen LogP contribution in [0.5, 0.6) is 0 Å². The van der Waals surface area contributed by atoms with Gasteiger partial charge in [-0.2, -0.15) is 23.7 Å². The van der Waals surface area contributed by atoms with E-state index in [2.05, 4.69) is 63.7 Å². The standard InChI is InChI=1S/C57H29F3N4O2/c58-57(59,60)35-19-21-36(34(28-35)31-62)33-18-20-37(50(29-33)64-46-14-6-2-12-43(46)54-49(64)26-23-41-39-10-4-8-16-52(39)66-56(41)54)44-27-32(30-61)17-24-47(44)63-45-13-5-1-11-42(45)53-48(63)25-22-40-38-9-3-7-15-51(38)65-55(40)53/h1-29H. The van der Waals surface area contributed by atoms with Crippen LogP contribution in [0.2, 0.25) is 0 Å². The number of alkyl halides is 3. The minimum absolute atomic E-state index is 0.107. The van der Waals surface area contributed by atoms with Crippen molar-refractivity contribution in [1.82, 2.24) is 9.13 Å². The molecule has 0 fully saturated rings. The van der Waals surface area contributed by atoms with Gasteiger partial charge in [-0.05, 0) is 96.1 Å². The fourth-order valence-electron chi connectivity index (χ4n) is 10.2.